The highest BCUT2D eigenvalue weighted by molar-refractivity contribution is 8.13. The molecule has 2 rings (SSSR count). The van der Waals surface area contributed by atoms with Gasteiger partial charge in [-0.25, -0.2) is 9.59 Å². The number of ether oxygens (including phenoxy) is 2. The van der Waals surface area contributed by atoms with Crippen molar-refractivity contribution in [3.05, 3.63) is 65.7 Å². The molecule has 184 valence electrons. The average Bonchev–Trinajstić information content (AvgIpc) is 2.74. The van der Waals surface area contributed by atoms with Gasteiger partial charge in [-0.05, 0) is 57.0 Å². The molecule has 1 atom stereocenters. The highest BCUT2D eigenvalue weighted by Gasteiger charge is 2.30. The molecule has 10 heteroatoms. The van der Waals surface area contributed by atoms with Gasteiger partial charge < -0.3 is 14.8 Å². The van der Waals surface area contributed by atoms with Crippen molar-refractivity contribution in [2.45, 2.75) is 62.9 Å². The number of hydrogen-bond acceptors (Lipinski definition) is 6. The number of hydrogen-bond donors (Lipinski definition) is 1. The zero-order valence-corrected chi connectivity index (χ0v) is 19.8. The van der Waals surface area contributed by atoms with E-state index in [0.717, 1.165) is 29.5 Å². The summed E-state index contributed by atoms with van der Waals surface area (Å²) in [5, 5.41) is 2.05. The molecule has 34 heavy (non-hydrogen) atoms. The largest absolute Gasteiger partial charge is 0.459 e. The number of alkyl halides is 3. The molecule has 0 aliphatic carbocycles. The normalized spacial score (nSPS) is 12.5. The van der Waals surface area contributed by atoms with Crippen molar-refractivity contribution in [3.63, 3.8) is 0 Å². The molecule has 0 radical (unpaired) electrons. The number of esters is 1. The van der Waals surface area contributed by atoms with Crippen LogP contribution in [0.1, 0.15) is 44.7 Å². The molecule has 0 fully saturated rings. The summed E-state index contributed by atoms with van der Waals surface area (Å²) in [6, 6.07) is 12.0. The van der Waals surface area contributed by atoms with Crippen molar-refractivity contribution in [2.75, 3.05) is 0 Å². The van der Waals surface area contributed by atoms with Gasteiger partial charge in [0.2, 0.25) is 0 Å². The van der Waals surface area contributed by atoms with E-state index < -0.39 is 35.4 Å². The summed E-state index contributed by atoms with van der Waals surface area (Å²) in [5.74, 6) is -0.734. The Morgan fingerprint density at radius 2 is 1.59 bits per heavy atom. The number of carbonyl (C=O) groups excluding carboxylic acids is 3. The Hall–Kier alpha value is -3.01. The third-order valence-corrected chi connectivity index (χ3v) is 5.19. The summed E-state index contributed by atoms with van der Waals surface area (Å²) in [6.07, 6.45) is -5.50. The third kappa shape index (κ3) is 9.86. The molecule has 0 heterocycles. The minimum absolute atomic E-state index is 0.0135. The number of amides is 1. The fourth-order valence-corrected chi connectivity index (χ4v) is 3.44. The Balaban J connectivity index is 1.98. The summed E-state index contributed by atoms with van der Waals surface area (Å²) >= 11 is 0.753. The Bertz CT molecular complexity index is 973. The zero-order chi connectivity index (χ0) is 25.4. The standard InChI is InChI=1S/C24H26F3NO5S/c1-23(2,3)33-22(31)28-19(21(30)32-15-16-7-5-4-6-8-16)13-14-20(29)34-18-11-9-17(10-12-18)24(25,26)27/h4-12,19H,13-15H2,1-3H3,(H,28,31). The van der Waals surface area contributed by atoms with Crippen LogP contribution in [0.25, 0.3) is 0 Å². The van der Waals surface area contributed by atoms with Crippen LogP contribution in [0.3, 0.4) is 0 Å². The lowest BCUT2D eigenvalue weighted by Gasteiger charge is -2.23. The monoisotopic (exact) mass is 497 g/mol. The van der Waals surface area contributed by atoms with E-state index in [0.29, 0.717) is 4.90 Å². The second-order valence-corrected chi connectivity index (χ2v) is 9.46. The van der Waals surface area contributed by atoms with E-state index in [-0.39, 0.29) is 24.6 Å². The van der Waals surface area contributed by atoms with E-state index in [9.17, 15) is 27.6 Å². The first-order chi connectivity index (χ1) is 15.8. The molecule has 2 aromatic rings. The summed E-state index contributed by atoms with van der Waals surface area (Å²) < 4.78 is 48.5. The van der Waals surface area contributed by atoms with Crippen molar-refractivity contribution in [1.82, 2.24) is 5.32 Å². The Kier molecular flexibility index (Phi) is 9.55. The van der Waals surface area contributed by atoms with Crippen molar-refractivity contribution < 1.29 is 37.0 Å². The van der Waals surface area contributed by atoms with Crippen LogP contribution in [0.5, 0.6) is 0 Å². The molecule has 0 spiro atoms. The predicted molar refractivity (Wildman–Crippen MR) is 121 cm³/mol. The van der Waals surface area contributed by atoms with Crippen LogP contribution >= 0.6 is 11.8 Å². The van der Waals surface area contributed by atoms with Crippen LogP contribution in [-0.2, 0) is 31.8 Å². The number of alkyl carbamates (subject to hydrolysis) is 1. The number of halogens is 3. The number of carbonyl (C=O) groups is 3. The van der Waals surface area contributed by atoms with Gasteiger partial charge in [0.15, 0.2) is 5.12 Å². The van der Waals surface area contributed by atoms with E-state index in [1.807, 2.05) is 6.07 Å². The van der Waals surface area contributed by atoms with Gasteiger partial charge in [0, 0.05) is 11.3 Å². The molecule has 1 N–H and O–H groups in total. The fourth-order valence-electron chi connectivity index (χ4n) is 2.68. The number of benzene rings is 2. The molecule has 0 aliphatic rings. The van der Waals surface area contributed by atoms with Crippen molar-refractivity contribution in [3.8, 4) is 0 Å². The summed E-state index contributed by atoms with van der Waals surface area (Å²) in [7, 11) is 0. The van der Waals surface area contributed by atoms with Crippen LogP contribution in [0.4, 0.5) is 18.0 Å². The van der Waals surface area contributed by atoms with Gasteiger partial charge in [-0.2, -0.15) is 13.2 Å². The van der Waals surface area contributed by atoms with Gasteiger partial charge in [0.05, 0.1) is 5.56 Å². The molecule has 0 bridgehead atoms. The number of rotatable bonds is 8. The van der Waals surface area contributed by atoms with Gasteiger partial charge in [0.25, 0.3) is 0 Å². The number of nitrogens with one attached hydrogen (secondary N) is 1. The van der Waals surface area contributed by atoms with Crippen molar-refractivity contribution in [1.29, 1.82) is 0 Å². The lowest BCUT2D eigenvalue weighted by atomic mass is 10.1. The molecule has 0 saturated heterocycles. The molecular formula is C24H26F3NO5S. The van der Waals surface area contributed by atoms with Crippen LogP contribution in [0.15, 0.2) is 59.5 Å². The first-order valence-corrected chi connectivity index (χ1v) is 11.2. The maximum atomic E-state index is 12.7. The lowest BCUT2D eigenvalue weighted by Crippen LogP contribution is -2.44. The third-order valence-electron chi connectivity index (χ3n) is 4.25. The molecule has 2 aromatic carbocycles. The van der Waals surface area contributed by atoms with Crippen LogP contribution in [0, 0.1) is 0 Å². The van der Waals surface area contributed by atoms with Gasteiger partial charge in [-0.3, -0.25) is 4.79 Å². The van der Waals surface area contributed by atoms with Gasteiger partial charge in [-0.1, -0.05) is 42.1 Å². The first-order valence-electron chi connectivity index (χ1n) is 10.4. The van der Waals surface area contributed by atoms with Crippen LogP contribution in [0.2, 0.25) is 0 Å². The molecule has 1 amide bonds. The van der Waals surface area contributed by atoms with Crippen molar-refractivity contribution >= 4 is 28.9 Å². The van der Waals surface area contributed by atoms with E-state index in [4.69, 9.17) is 9.47 Å². The molecule has 0 saturated carbocycles. The Morgan fingerprint density at radius 1 is 0.971 bits per heavy atom. The molecule has 0 aromatic heterocycles. The first kappa shape index (κ1) is 27.2. The quantitative estimate of drug-likeness (QED) is 0.370. The molecular weight excluding hydrogens is 471 g/mol. The van der Waals surface area contributed by atoms with E-state index >= 15 is 0 Å². The smallest absolute Gasteiger partial charge is 0.416 e. The van der Waals surface area contributed by atoms with Gasteiger partial charge in [-0.15, -0.1) is 0 Å². The Labute approximate surface area is 200 Å². The van der Waals surface area contributed by atoms with Crippen LogP contribution in [-0.4, -0.2) is 28.8 Å². The molecule has 6 nitrogen and oxygen atoms in total. The molecule has 1 unspecified atom stereocenters. The Morgan fingerprint density at radius 3 is 2.15 bits per heavy atom. The minimum Gasteiger partial charge on any atom is -0.459 e. The topological polar surface area (TPSA) is 81.7 Å². The highest BCUT2D eigenvalue weighted by atomic mass is 32.2. The predicted octanol–water partition coefficient (Wildman–Crippen LogP) is 5.74. The maximum absolute atomic E-state index is 12.7. The summed E-state index contributed by atoms with van der Waals surface area (Å²) in [4.78, 5) is 37.5. The van der Waals surface area contributed by atoms with E-state index in [1.54, 1.807) is 45.0 Å². The number of thioether (sulfide) groups is 1. The van der Waals surface area contributed by atoms with E-state index in [1.165, 1.54) is 12.1 Å². The average molecular weight is 498 g/mol. The van der Waals surface area contributed by atoms with Gasteiger partial charge in [0.1, 0.15) is 18.2 Å². The summed E-state index contributed by atoms with van der Waals surface area (Å²) in [5.41, 5.74) is -0.857. The fraction of sp³-hybridized carbons (Fsp3) is 0.375. The van der Waals surface area contributed by atoms with Crippen LogP contribution < -0.4 is 5.32 Å². The van der Waals surface area contributed by atoms with E-state index in [2.05, 4.69) is 5.32 Å². The maximum Gasteiger partial charge on any atom is 0.416 e. The SMILES string of the molecule is CC(C)(C)OC(=O)NC(CCC(=O)Sc1ccc(C(F)(F)F)cc1)C(=O)OCc1ccccc1. The minimum atomic E-state index is -4.46. The highest BCUT2D eigenvalue weighted by Crippen LogP contribution is 2.31. The molecule has 0 aliphatic heterocycles. The second-order valence-electron chi connectivity index (χ2n) is 8.33. The zero-order valence-electron chi connectivity index (χ0n) is 19.0. The van der Waals surface area contributed by atoms with Crippen molar-refractivity contribution in [2.24, 2.45) is 0 Å². The summed E-state index contributed by atoms with van der Waals surface area (Å²) in [6.45, 7) is 4.99. The lowest BCUT2D eigenvalue weighted by molar-refractivity contribution is -0.147. The second kappa shape index (κ2) is 11.9. The van der Waals surface area contributed by atoms with Gasteiger partial charge >= 0.3 is 18.2 Å².